The topological polar surface area (TPSA) is 72.5 Å². The maximum atomic E-state index is 12.8. The Balaban J connectivity index is 3.08. The largest absolute Gasteiger partial charge is 0.444 e. The predicted octanol–water partition coefficient (Wildman–Crippen LogP) is 3.96. The molecule has 0 fully saturated rings. The van der Waals surface area contributed by atoms with E-state index >= 15 is 0 Å². The van der Waals surface area contributed by atoms with Gasteiger partial charge in [0.25, 0.3) is 0 Å². The van der Waals surface area contributed by atoms with Gasteiger partial charge < -0.3 is 10.1 Å². The maximum absolute atomic E-state index is 12.8. The van der Waals surface area contributed by atoms with Crippen LogP contribution in [0.15, 0.2) is 24.3 Å². The van der Waals surface area contributed by atoms with Crippen molar-refractivity contribution >= 4 is 16.3 Å². The van der Waals surface area contributed by atoms with E-state index in [1.54, 1.807) is 20.8 Å². The van der Waals surface area contributed by atoms with Crippen molar-refractivity contribution in [2.45, 2.75) is 45.0 Å². The first kappa shape index (κ1) is 21.2. The Morgan fingerprint density at radius 1 is 1.24 bits per heavy atom. The minimum absolute atomic E-state index is 0.00988. The Hall–Kier alpha value is -1.84. The molecule has 10 heteroatoms. The van der Waals surface area contributed by atoms with Crippen LogP contribution in [0.1, 0.15) is 44.4 Å². The van der Waals surface area contributed by atoms with Gasteiger partial charge in [0.2, 0.25) is 0 Å². The molecule has 0 heterocycles. The van der Waals surface area contributed by atoms with E-state index in [1.807, 2.05) is 0 Å². The summed E-state index contributed by atoms with van der Waals surface area (Å²) in [6.45, 7) is 4.74. The average Bonchev–Trinajstić information content (AvgIpc) is 2.39. The summed E-state index contributed by atoms with van der Waals surface area (Å²) in [6.07, 6.45) is -6.01. The highest BCUT2D eigenvalue weighted by Gasteiger charge is 2.31. The standard InChI is InChI=1S/C15H19F4NO4S/c1-14(2,3)24-13(21)20-12(7-8-25(19,22)23)10-5-4-6-11(9-10)15(16,17)18/h4-6,9,12H,7-8H2,1-3H3,(H,20,21). The lowest BCUT2D eigenvalue weighted by Crippen LogP contribution is -2.35. The van der Waals surface area contributed by atoms with E-state index < -0.39 is 51.9 Å². The van der Waals surface area contributed by atoms with Gasteiger partial charge in [-0.05, 0) is 44.9 Å². The summed E-state index contributed by atoms with van der Waals surface area (Å²) in [7, 11) is -4.85. The lowest BCUT2D eigenvalue weighted by molar-refractivity contribution is -0.137. The van der Waals surface area contributed by atoms with Gasteiger partial charge in [0.05, 0.1) is 17.4 Å². The minimum Gasteiger partial charge on any atom is -0.444 e. The lowest BCUT2D eigenvalue weighted by atomic mass is 10.0. The molecule has 0 aliphatic rings. The number of carbonyl (C=O) groups is 1. The van der Waals surface area contributed by atoms with Gasteiger partial charge in [-0.2, -0.15) is 21.6 Å². The summed E-state index contributed by atoms with van der Waals surface area (Å²) in [5.41, 5.74) is -1.84. The van der Waals surface area contributed by atoms with Crippen LogP contribution in [0.25, 0.3) is 0 Å². The van der Waals surface area contributed by atoms with Crippen molar-refractivity contribution < 1.29 is 35.0 Å². The van der Waals surface area contributed by atoms with Crippen LogP contribution in [-0.2, 0) is 21.1 Å². The third kappa shape index (κ3) is 8.19. The van der Waals surface area contributed by atoms with Crippen molar-refractivity contribution in [3.05, 3.63) is 35.4 Å². The third-order valence-corrected chi connectivity index (χ3v) is 3.68. The van der Waals surface area contributed by atoms with E-state index in [9.17, 15) is 30.3 Å². The van der Waals surface area contributed by atoms with Crippen LogP contribution in [0, 0.1) is 0 Å². The molecule has 0 saturated heterocycles. The number of hydrogen-bond donors (Lipinski definition) is 1. The van der Waals surface area contributed by atoms with Gasteiger partial charge in [-0.15, -0.1) is 3.89 Å². The molecule has 0 aliphatic carbocycles. The molecule has 1 atom stereocenters. The van der Waals surface area contributed by atoms with Gasteiger partial charge in [-0.25, -0.2) is 4.79 Å². The Morgan fingerprint density at radius 3 is 2.32 bits per heavy atom. The zero-order chi connectivity index (χ0) is 19.5. The number of amides is 1. The molecule has 1 N–H and O–H groups in total. The first-order chi connectivity index (χ1) is 11.2. The molecule has 0 aliphatic heterocycles. The van der Waals surface area contributed by atoms with E-state index in [0.29, 0.717) is 0 Å². The fourth-order valence-electron chi connectivity index (χ4n) is 1.96. The van der Waals surface area contributed by atoms with Crippen LogP contribution < -0.4 is 5.32 Å². The number of carbonyl (C=O) groups excluding carboxylic acids is 1. The number of hydrogen-bond acceptors (Lipinski definition) is 4. The summed E-state index contributed by atoms with van der Waals surface area (Å²) in [5.74, 6) is -0.955. The van der Waals surface area contributed by atoms with E-state index in [0.717, 1.165) is 18.2 Å². The van der Waals surface area contributed by atoms with E-state index in [4.69, 9.17) is 4.74 Å². The monoisotopic (exact) mass is 385 g/mol. The zero-order valence-corrected chi connectivity index (χ0v) is 14.7. The number of benzene rings is 1. The highest BCUT2D eigenvalue weighted by Crippen LogP contribution is 2.31. The second-order valence-corrected chi connectivity index (χ2v) is 7.84. The number of rotatable bonds is 5. The van der Waals surface area contributed by atoms with Crippen molar-refractivity contribution in [1.29, 1.82) is 0 Å². The number of alkyl carbamates (subject to hydrolysis) is 1. The summed E-state index contributed by atoms with van der Waals surface area (Å²) in [5, 5.41) is 2.28. The SMILES string of the molecule is CC(C)(C)OC(=O)NC(CCS(=O)(=O)F)c1cccc(C(F)(F)F)c1. The fraction of sp³-hybridized carbons (Fsp3) is 0.533. The van der Waals surface area contributed by atoms with Crippen molar-refractivity contribution in [2.24, 2.45) is 0 Å². The van der Waals surface area contributed by atoms with Crippen molar-refractivity contribution in [3.63, 3.8) is 0 Å². The van der Waals surface area contributed by atoms with Gasteiger partial charge in [0.15, 0.2) is 0 Å². The van der Waals surface area contributed by atoms with Crippen LogP contribution in [0.2, 0.25) is 0 Å². The summed E-state index contributed by atoms with van der Waals surface area (Å²) < 4.78 is 77.7. The quantitative estimate of drug-likeness (QED) is 0.615. The van der Waals surface area contributed by atoms with E-state index in [2.05, 4.69) is 5.32 Å². The predicted molar refractivity (Wildman–Crippen MR) is 83.1 cm³/mol. The van der Waals surface area contributed by atoms with Crippen LogP contribution in [0.3, 0.4) is 0 Å². The molecule has 142 valence electrons. The van der Waals surface area contributed by atoms with Gasteiger partial charge >= 0.3 is 22.5 Å². The number of nitrogens with one attached hydrogen (secondary N) is 1. The molecule has 1 aromatic carbocycles. The number of alkyl halides is 3. The summed E-state index contributed by atoms with van der Waals surface area (Å²) in [4.78, 5) is 11.8. The summed E-state index contributed by atoms with van der Waals surface area (Å²) >= 11 is 0. The van der Waals surface area contributed by atoms with Crippen molar-refractivity contribution in [3.8, 4) is 0 Å². The van der Waals surface area contributed by atoms with Crippen LogP contribution in [0.5, 0.6) is 0 Å². The normalized spacial score (nSPS) is 14.0. The second-order valence-electron chi connectivity index (χ2n) is 6.35. The van der Waals surface area contributed by atoms with Gasteiger partial charge in [0.1, 0.15) is 5.60 Å². The Morgan fingerprint density at radius 2 is 1.84 bits per heavy atom. The summed E-state index contributed by atoms with van der Waals surface area (Å²) in [6, 6.07) is 2.84. The molecule has 0 spiro atoms. The fourth-order valence-corrected chi connectivity index (χ4v) is 2.48. The average molecular weight is 385 g/mol. The molecule has 0 radical (unpaired) electrons. The van der Waals surface area contributed by atoms with Crippen LogP contribution >= 0.6 is 0 Å². The first-order valence-electron chi connectivity index (χ1n) is 7.26. The highest BCUT2D eigenvalue weighted by molar-refractivity contribution is 7.86. The number of halogens is 4. The van der Waals surface area contributed by atoms with Gasteiger partial charge in [-0.1, -0.05) is 12.1 Å². The molecular weight excluding hydrogens is 366 g/mol. The second kappa shape index (κ2) is 7.59. The van der Waals surface area contributed by atoms with Crippen molar-refractivity contribution in [2.75, 3.05) is 5.75 Å². The van der Waals surface area contributed by atoms with Crippen molar-refractivity contribution in [1.82, 2.24) is 5.32 Å². The smallest absolute Gasteiger partial charge is 0.416 e. The lowest BCUT2D eigenvalue weighted by Gasteiger charge is -2.24. The zero-order valence-electron chi connectivity index (χ0n) is 13.9. The molecule has 0 bridgehead atoms. The Kier molecular flexibility index (Phi) is 6.44. The molecule has 1 rings (SSSR count). The minimum atomic E-state index is -4.85. The third-order valence-electron chi connectivity index (χ3n) is 2.96. The Bertz CT molecular complexity index is 711. The molecule has 25 heavy (non-hydrogen) atoms. The Labute approximate surface area is 143 Å². The van der Waals surface area contributed by atoms with Gasteiger partial charge in [0, 0.05) is 0 Å². The molecular formula is C15H19F4NO4S. The highest BCUT2D eigenvalue weighted by atomic mass is 32.3. The maximum Gasteiger partial charge on any atom is 0.416 e. The van der Waals surface area contributed by atoms with Gasteiger partial charge in [-0.3, -0.25) is 0 Å². The van der Waals surface area contributed by atoms with Crippen LogP contribution in [0.4, 0.5) is 21.9 Å². The van der Waals surface area contributed by atoms with E-state index in [-0.39, 0.29) is 5.56 Å². The molecule has 1 amide bonds. The molecule has 5 nitrogen and oxygen atoms in total. The van der Waals surface area contributed by atoms with Crippen LogP contribution in [-0.4, -0.2) is 25.9 Å². The molecule has 1 aromatic rings. The molecule has 0 aromatic heterocycles. The number of ether oxygens (including phenoxy) is 1. The molecule has 0 saturated carbocycles. The van der Waals surface area contributed by atoms with E-state index in [1.165, 1.54) is 6.07 Å². The molecule has 1 unspecified atom stereocenters. The first-order valence-corrected chi connectivity index (χ1v) is 8.82.